The highest BCUT2D eigenvalue weighted by Crippen LogP contribution is 2.48. The van der Waals surface area contributed by atoms with E-state index in [0.717, 1.165) is 12.2 Å². The molecule has 0 atom stereocenters. The highest BCUT2D eigenvalue weighted by molar-refractivity contribution is 5.94. The maximum absolute atomic E-state index is 10.8. The second kappa shape index (κ2) is 4.28. The third-order valence-electron chi connectivity index (χ3n) is 3.66. The van der Waals surface area contributed by atoms with Crippen LogP contribution in [0, 0.1) is 5.41 Å². The van der Waals surface area contributed by atoms with Crippen molar-refractivity contribution >= 4 is 17.3 Å². The Kier molecular flexibility index (Phi) is 2.96. The molecule has 0 bridgehead atoms. The molecule has 0 unspecified atom stereocenters. The van der Waals surface area contributed by atoms with Gasteiger partial charge in [-0.05, 0) is 42.9 Å². The Balaban J connectivity index is 2.03. The number of rotatable bonds is 5. The number of aromatic carboxylic acids is 1. The number of nitrogens with two attached hydrogens (primary N) is 1. The first kappa shape index (κ1) is 11.8. The number of nitrogen functional groups attached to an aromatic ring is 1. The number of hydrogen-bond donors (Lipinski definition) is 3. The van der Waals surface area contributed by atoms with Crippen LogP contribution < -0.4 is 11.1 Å². The zero-order valence-corrected chi connectivity index (χ0v) is 9.99. The fraction of sp³-hybridized carbons (Fsp3) is 0.462. The molecule has 0 radical (unpaired) electrons. The highest BCUT2D eigenvalue weighted by Gasteiger charge is 2.40. The minimum Gasteiger partial charge on any atom is -0.478 e. The zero-order chi connectivity index (χ0) is 12.5. The Hall–Kier alpha value is -1.71. The van der Waals surface area contributed by atoms with Crippen molar-refractivity contribution in [1.82, 2.24) is 0 Å². The number of carboxylic acid groups (broad SMARTS) is 1. The monoisotopic (exact) mass is 234 g/mol. The van der Waals surface area contributed by atoms with Gasteiger partial charge in [0.15, 0.2) is 0 Å². The van der Waals surface area contributed by atoms with Gasteiger partial charge in [-0.2, -0.15) is 0 Å². The van der Waals surface area contributed by atoms with Gasteiger partial charge in [-0.15, -0.1) is 0 Å². The summed E-state index contributed by atoms with van der Waals surface area (Å²) in [6.45, 7) is 3.14. The topological polar surface area (TPSA) is 75.3 Å². The largest absolute Gasteiger partial charge is 0.478 e. The fourth-order valence-corrected chi connectivity index (χ4v) is 1.99. The maximum Gasteiger partial charge on any atom is 0.337 e. The van der Waals surface area contributed by atoms with Crippen molar-refractivity contribution in [2.45, 2.75) is 26.2 Å². The Labute approximate surface area is 101 Å². The average molecular weight is 234 g/mol. The molecule has 1 aromatic rings. The number of hydrogen-bond acceptors (Lipinski definition) is 3. The van der Waals surface area contributed by atoms with Gasteiger partial charge < -0.3 is 16.2 Å². The van der Waals surface area contributed by atoms with Gasteiger partial charge >= 0.3 is 5.97 Å². The van der Waals surface area contributed by atoms with E-state index in [1.165, 1.54) is 19.3 Å². The minimum absolute atomic E-state index is 0.159. The fourth-order valence-electron chi connectivity index (χ4n) is 1.99. The molecule has 92 valence electrons. The Morgan fingerprint density at radius 2 is 2.24 bits per heavy atom. The molecule has 1 saturated carbocycles. The summed E-state index contributed by atoms with van der Waals surface area (Å²) in [6, 6.07) is 5.01. The van der Waals surface area contributed by atoms with E-state index in [-0.39, 0.29) is 5.56 Å². The van der Waals surface area contributed by atoms with Crippen molar-refractivity contribution in [2.24, 2.45) is 5.41 Å². The normalized spacial score (nSPS) is 16.5. The summed E-state index contributed by atoms with van der Waals surface area (Å²) in [5, 5.41) is 12.2. The Bertz CT molecular complexity index is 439. The smallest absolute Gasteiger partial charge is 0.337 e. The van der Waals surface area contributed by atoms with E-state index in [2.05, 4.69) is 12.2 Å². The van der Waals surface area contributed by atoms with E-state index >= 15 is 0 Å². The second-order valence-corrected chi connectivity index (χ2v) is 4.81. The molecule has 4 heteroatoms. The van der Waals surface area contributed by atoms with Crippen molar-refractivity contribution in [1.29, 1.82) is 0 Å². The van der Waals surface area contributed by atoms with Gasteiger partial charge in [-0.1, -0.05) is 6.92 Å². The first-order chi connectivity index (χ1) is 8.06. The predicted molar refractivity (Wildman–Crippen MR) is 68.3 cm³/mol. The quantitative estimate of drug-likeness (QED) is 0.684. The van der Waals surface area contributed by atoms with Gasteiger partial charge in [0.05, 0.1) is 5.56 Å². The van der Waals surface area contributed by atoms with Crippen LogP contribution in [-0.4, -0.2) is 17.6 Å². The van der Waals surface area contributed by atoms with Crippen LogP contribution in [0.1, 0.15) is 36.5 Å². The van der Waals surface area contributed by atoms with Crippen LogP contribution in [0.15, 0.2) is 18.2 Å². The van der Waals surface area contributed by atoms with Crippen molar-refractivity contribution in [3.63, 3.8) is 0 Å². The molecule has 0 aliphatic heterocycles. The van der Waals surface area contributed by atoms with Gasteiger partial charge in [0.25, 0.3) is 0 Å². The number of anilines is 2. The summed E-state index contributed by atoms with van der Waals surface area (Å²) in [4.78, 5) is 10.8. The van der Waals surface area contributed by atoms with Crippen molar-refractivity contribution in [2.75, 3.05) is 17.6 Å². The van der Waals surface area contributed by atoms with Gasteiger partial charge in [-0.3, -0.25) is 0 Å². The molecule has 1 aliphatic rings. The molecule has 1 aromatic carbocycles. The maximum atomic E-state index is 10.8. The SMILES string of the molecule is CCC1(CNc2ccc(C(=O)O)c(N)c2)CC1. The van der Waals surface area contributed by atoms with E-state index in [1.54, 1.807) is 18.2 Å². The van der Waals surface area contributed by atoms with E-state index in [0.29, 0.717) is 11.1 Å². The lowest BCUT2D eigenvalue weighted by Gasteiger charge is -2.15. The zero-order valence-electron chi connectivity index (χ0n) is 9.99. The summed E-state index contributed by atoms with van der Waals surface area (Å²) >= 11 is 0. The van der Waals surface area contributed by atoms with Crippen LogP contribution in [0.3, 0.4) is 0 Å². The second-order valence-electron chi connectivity index (χ2n) is 4.81. The van der Waals surface area contributed by atoms with Gasteiger partial charge in [0.1, 0.15) is 0 Å². The van der Waals surface area contributed by atoms with E-state index in [1.807, 2.05) is 0 Å². The van der Waals surface area contributed by atoms with Crippen LogP contribution >= 0.6 is 0 Å². The van der Waals surface area contributed by atoms with Gasteiger partial charge in [0.2, 0.25) is 0 Å². The van der Waals surface area contributed by atoms with Crippen LogP contribution in [0.25, 0.3) is 0 Å². The predicted octanol–water partition coefficient (Wildman–Crippen LogP) is 2.57. The third-order valence-corrected chi connectivity index (χ3v) is 3.66. The van der Waals surface area contributed by atoms with Gasteiger partial charge in [-0.25, -0.2) is 4.79 Å². The van der Waals surface area contributed by atoms with Crippen molar-refractivity contribution in [3.8, 4) is 0 Å². The van der Waals surface area contributed by atoms with Crippen LogP contribution in [0.5, 0.6) is 0 Å². The molecular formula is C13H18N2O2. The summed E-state index contributed by atoms with van der Waals surface area (Å²) in [5.74, 6) is -0.985. The molecule has 0 heterocycles. The van der Waals surface area contributed by atoms with E-state index in [4.69, 9.17) is 10.8 Å². The molecule has 0 spiro atoms. The molecule has 0 aromatic heterocycles. The molecule has 17 heavy (non-hydrogen) atoms. The number of carbonyl (C=O) groups is 1. The molecule has 4 nitrogen and oxygen atoms in total. The highest BCUT2D eigenvalue weighted by atomic mass is 16.4. The average Bonchev–Trinajstić information content (AvgIpc) is 3.07. The van der Waals surface area contributed by atoms with E-state index < -0.39 is 5.97 Å². The third kappa shape index (κ3) is 2.52. The van der Waals surface area contributed by atoms with Crippen LogP contribution in [0.4, 0.5) is 11.4 Å². The molecule has 1 fully saturated rings. The number of carboxylic acids is 1. The lowest BCUT2D eigenvalue weighted by Crippen LogP contribution is -2.14. The summed E-state index contributed by atoms with van der Waals surface area (Å²) in [6.07, 6.45) is 3.74. The van der Waals surface area contributed by atoms with Crippen molar-refractivity contribution < 1.29 is 9.90 Å². The van der Waals surface area contributed by atoms with E-state index in [9.17, 15) is 4.79 Å². The van der Waals surface area contributed by atoms with Gasteiger partial charge in [0, 0.05) is 17.9 Å². The number of nitrogens with one attached hydrogen (secondary N) is 1. The molecule has 4 N–H and O–H groups in total. The number of benzene rings is 1. The summed E-state index contributed by atoms with van der Waals surface area (Å²) < 4.78 is 0. The standard InChI is InChI=1S/C13H18N2O2/c1-2-13(5-6-13)8-15-9-3-4-10(12(16)17)11(14)7-9/h3-4,7,15H,2,5-6,8,14H2,1H3,(H,16,17). The molecule has 2 rings (SSSR count). The molecular weight excluding hydrogens is 216 g/mol. The first-order valence-corrected chi connectivity index (χ1v) is 5.93. The Morgan fingerprint density at radius 3 is 2.71 bits per heavy atom. The summed E-state index contributed by atoms with van der Waals surface area (Å²) in [7, 11) is 0. The molecule has 1 aliphatic carbocycles. The minimum atomic E-state index is -0.985. The molecule has 0 saturated heterocycles. The lowest BCUT2D eigenvalue weighted by molar-refractivity contribution is 0.0698. The van der Waals surface area contributed by atoms with Crippen molar-refractivity contribution in [3.05, 3.63) is 23.8 Å². The lowest BCUT2D eigenvalue weighted by atomic mass is 10.0. The Morgan fingerprint density at radius 1 is 1.53 bits per heavy atom. The van der Waals surface area contributed by atoms with Crippen LogP contribution in [0.2, 0.25) is 0 Å². The van der Waals surface area contributed by atoms with Crippen LogP contribution in [-0.2, 0) is 0 Å². The summed E-state index contributed by atoms with van der Waals surface area (Å²) in [5.41, 5.74) is 7.51. The first-order valence-electron chi connectivity index (χ1n) is 5.93. The molecule has 0 amide bonds.